The minimum absolute atomic E-state index is 0.0102. The Morgan fingerprint density at radius 3 is 2.78 bits per heavy atom. The van der Waals surface area contributed by atoms with Crippen LogP contribution >= 0.6 is 23.1 Å². The number of aromatic nitrogens is 1. The normalized spacial score (nSPS) is 11.0. The van der Waals surface area contributed by atoms with Crippen LogP contribution < -0.4 is 4.90 Å². The van der Waals surface area contributed by atoms with Crippen LogP contribution in [0.3, 0.4) is 0 Å². The van der Waals surface area contributed by atoms with Gasteiger partial charge in [-0.15, -0.1) is 11.8 Å². The number of amides is 1. The van der Waals surface area contributed by atoms with Gasteiger partial charge in [-0.25, -0.2) is 4.98 Å². The lowest BCUT2D eigenvalue weighted by atomic mass is 10.2. The Balaban J connectivity index is 1.60. The number of anilines is 1. The molecule has 27 heavy (non-hydrogen) atoms. The fourth-order valence-electron chi connectivity index (χ4n) is 2.70. The first-order chi connectivity index (χ1) is 13.2. The van der Waals surface area contributed by atoms with Crippen LogP contribution in [0.15, 0.2) is 76.2 Å². The van der Waals surface area contributed by atoms with Crippen molar-refractivity contribution in [2.24, 2.45) is 0 Å². The SMILES string of the molecule is Cc1ccc2nc(N(Cc3ccco3)C(=O)CSc3ccccc3)sc2c1. The number of thiazole rings is 1. The molecule has 0 saturated heterocycles. The van der Waals surface area contributed by atoms with E-state index in [1.165, 1.54) is 28.7 Å². The summed E-state index contributed by atoms with van der Waals surface area (Å²) in [6, 6.07) is 19.8. The van der Waals surface area contributed by atoms with Crippen LogP contribution in [0.4, 0.5) is 5.13 Å². The monoisotopic (exact) mass is 394 g/mol. The highest BCUT2D eigenvalue weighted by molar-refractivity contribution is 8.00. The van der Waals surface area contributed by atoms with E-state index in [1.807, 2.05) is 54.6 Å². The quantitative estimate of drug-likeness (QED) is 0.404. The van der Waals surface area contributed by atoms with Crippen molar-refractivity contribution in [1.82, 2.24) is 4.98 Å². The summed E-state index contributed by atoms with van der Waals surface area (Å²) >= 11 is 3.06. The second-order valence-corrected chi connectivity index (χ2v) is 8.19. The molecule has 0 atom stereocenters. The third kappa shape index (κ3) is 4.23. The van der Waals surface area contributed by atoms with E-state index in [0.717, 1.165) is 20.9 Å². The first-order valence-electron chi connectivity index (χ1n) is 8.57. The minimum atomic E-state index is 0.0102. The molecule has 0 aliphatic carbocycles. The highest BCUT2D eigenvalue weighted by Crippen LogP contribution is 2.31. The molecule has 136 valence electrons. The number of fused-ring (bicyclic) bond motifs is 1. The molecule has 0 bridgehead atoms. The summed E-state index contributed by atoms with van der Waals surface area (Å²) in [6.07, 6.45) is 1.62. The molecule has 0 N–H and O–H groups in total. The van der Waals surface area contributed by atoms with Gasteiger partial charge in [0.05, 0.1) is 28.8 Å². The molecule has 4 rings (SSSR count). The molecule has 0 aliphatic rings. The standard InChI is InChI=1S/C21H18N2O2S2/c1-15-9-10-18-19(12-15)27-21(22-18)23(13-16-6-5-11-25-16)20(24)14-26-17-7-3-2-4-8-17/h2-12H,13-14H2,1H3. The topological polar surface area (TPSA) is 46.3 Å². The zero-order chi connectivity index (χ0) is 18.6. The Labute approximate surface area is 165 Å². The maximum absolute atomic E-state index is 13.0. The van der Waals surface area contributed by atoms with Gasteiger partial charge in [-0.2, -0.15) is 0 Å². The highest BCUT2D eigenvalue weighted by Gasteiger charge is 2.21. The fourth-order valence-corrected chi connectivity index (χ4v) is 4.57. The molecule has 0 aliphatic heterocycles. The first-order valence-corrected chi connectivity index (χ1v) is 10.4. The molecule has 0 unspecified atom stereocenters. The molecule has 0 radical (unpaired) electrons. The van der Waals surface area contributed by atoms with Crippen molar-refractivity contribution in [3.63, 3.8) is 0 Å². The molecule has 2 aromatic heterocycles. The number of nitrogens with zero attached hydrogens (tertiary/aromatic N) is 2. The predicted octanol–water partition coefficient (Wildman–Crippen LogP) is 5.52. The average molecular weight is 395 g/mol. The van der Waals surface area contributed by atoms with Gasteiger partial charge in [-0.05, 0) is 48.9 Å². The Kier molecular flexibility index (Phi) is 5.27. The van der Waals surface area contributed by atoms with E-state index < -0.39 is 0 Å². The summed E-state index contributed by atoms with van der Waals surface area (Å²) in [7, 11) is 0. The van der Waals surface area contributed by atoms with Gasteiger partial charge in [-0.1, -0.05) is 35.6 Å². The second-order valence-electron chi connectivity index (χ2n) is 6.13. The number of thioether (sulfide) groups is 1. The maximum atomic E-state index is 13.0. The number of hydrogen-bond donors (Lipinski definition) is 0. The van der Waals surface area contributed by atoms with Crippen molar-refractivity contribution in [3.05, 3.63) is 78.3 Å². The molecular formula is C21H18N2O2S2. The second kappa shape index (κ2) is 7.98. The van der Waals surface area contributed by atoms with Gasteiger partial charge in [0.25, 0.3) is 0 Å². The van der Waals surface area contributed by atoms with Crippen LogP contribution in [0.2, 0.25) is 0 Å². The number of rotatable bonds is 6. The van der Waals surface area contributed by atoms with Gasteiger partial charge in [0.1, 0.15) is 5.76 Å². The Morgan fingerprint density at radius 1 is 1.15 bits per heavy atom. The Hall–Kier alpha value is -2.57. The van der Waals surface area contributed by atoms with Crippen LogP contribution in [0.1, 0.15) is 11.3 Å². The number of carbonyl (C=O) groups is 1. The summed E-state index contributed by atoms with van der Waals surface area (Å²) in [5, 5.41) is 0.700. The summed E-state index contributed by atoms with van der Waals surface area (Å²) in [6.45, 7) is 2.43. The molecular weight excluding hydrogens is 376 g/mol. The van der Waals surface area contributed by atoms with E-state index in [1.54, 1.807) is 11.2 Å². The number of benzene rings is 2. The van der Waals surface area contributed by atoms with Gasteiger partial charge in [0.15, 0.2) is 5.13 Å². The number of aryl methyl sites for hydroxylation is 1. The zero-order valence-corrected chi connectivity index (χ0v) is 16.4. The largest absolute Gasteiger partial charge is 0.467 e. The average Bonchev–Trinajstić information content (AvgIpc) is 3.34. The third-order valence-corrected chi connectivity index (χ3v) is 6.10. The van der Waals surface area contributed by atoms with E-state index in [2.05, 4.69) is 18.0 Å². The van der Waals surface area contributed by atoms with Crippen molar-refractivity contribution in [1.29, 1.82) is 0 Å². The van der Waals surface area contributed by atoms with Gasteiger partial charge in [0.2, 0.25) is 5.91 Å². The van der Waals surface area contributed by atoms with Crippen LogP contribution in [-0.2, 0) is 11.3 Å². The lowest BCUT2D eigenvalue weighted by Gasteiger charge is -2.18. The minimum Gasteiger partial charge on any atom is -0.467 e. The smallest absolute Gasteiger partial charge is 0.239 e. The van der Waals surface area contributed by atoms with Crippen LogP contribution in [0.25, 0.3) is 10.2 Å². The molecule has 1 amide bonds. The fraction of sp³-hybridized carbons (Fsp3) is 0.143. The lowest BCUT2D eigenvalue weighted by Crippen LogP contribution is -2.31. The van der Waals surface area contributed by atoms with E-state index in [-0.39, 0.29) is 5.91 Å². The summed E-state index contributed by atoms with van der Waals surface area (Å²) in [5.41, 5.74) is 2.09. The predicted molar refractivity (Wildman–Crippen MR) is 111 cm³/mol. The summed E-state index contributed by atoms with van der Waals surface area (Å²) < 4.78 is 6.55. The molecule has 2 heterocycles. The molecule has 6 heteroatoms. The third-order valence-electron chi connectivity index (χ3n) is 4.06. The van der Waals surface area contributed by atoms with Crippen molar-refractivity contribution in [3.8, 4) is 0 Å². The van der Waals surface area contributed by atoms with Crippen LogP contribution in [0, 0.1) is 6.92 Å². The van der Waals surface area contributed by atoms with Gasteiger partial charge in [0, 0.05) is 4.90 Å². The van der Waals surface area contributed by atoms with Crippen LogP contribution in [-0.4, -0.2) is 16.6 Å². The molecule has 0 saturated carbocycles. The van der Waals surface area contributed by atoms with Crippen LogP contribution in [0.5, 0.6) is 0 Å². The van der Waals surface area contributed by atoms with Crippen molar-refractivity contribution >= 4 is 44.4 Å². The number of hydrogen-bond acceptors (Lipinski definition) is 5. The van der Waals surface area contributed by atoms with E-state index in [9.17, 15) is 4.79 Å². The molecule has 4 nitrogen and oxygen atoms in total. The molecule has 0 fully saturated rings. The van der Waals surface area contributed by atoms with E-state index in [0.29, 0.717) is 17.4 Å². The van der Waals surface area contributed by atoms with Crippen molar-refractivity contribution in [2.75, 3.05) is 10.7 Å². The maximum Gasteiger partial charge on any atom is 0.239 e. The number of carbonyl (C=O) groups excluding carboxylic acids is 1. The van der Waals surface area contributed by atoms with Gasteiger partial charge < -0.3 is 4.42 Å². The Bertz CT molecular complexity index is 1040. The first kappa shape index (κ1) is 17.8. The molecule has 2 aromatic carbocycles. The zero-order valence-electron chi connectivity index (χ0n) is 14.8. The van der Waals surface area contributed by atoms with Gasteiger partial charge >= 0.3 is 0 Å². The highest BCUT2D eigenvalue weighted by atomic mass is 32.2. The van der Waals surface area contributed by atoms with E-state index >= 15 is 0 Å². The Morgan fingerprint density at radius 2 is 2.00 bits per heavy atom. The lowest BCUT2D eigenvalue weighted by molar-refractivity contribution is -0.116. The van der Waals surface area contributed by atoms with Crippen molar-refractivity contribution < 1.29 is 9.21 Å². The summed E-state index contributed by atoms with van der Waals surface area (Å²) in [4.78, 5) is 20.5. The summed E-state index contributed by atoms with van der Waals surface area (Å²) in [5.74, 6) is 1.10. The van der Waals surface area contributed by atoms with Crippen molar-refractivity contribution in [2.45, 2.75) is 18.4 Å². The molecule has 0 spiro atoms. The number of furan rings is 1. The molecule has 4 aromatic rings. The van der Waals surface area contributed by atoms with E-state index in [4.69, 9.17) is 4.42 Å². The van der Waals surface area contributed by atoms with Gasteiger partial charge in [-0.3, -0.25) is 9.69 Å².